The summed E-state index contributed by atoms with van der Waals surface area (Å²) in [7, 11) is 0. The van der Waals surface area contributed by atoms with Crippen LogP contribution in [-0.4, -0.2) is 0 Å². The molecule has 0 atom stereocenters. The first-order valence-corrected chi connectivity index (χ1v) is 4.07. The summed E-state index contributed by atoms with van der Waals surface area (Å²) in [6, 6.07) is 20.8. The molecule has 0 nitrogen and oxygen atoms in total. The van der Waals surface area contributed by atoms with E-state index in [2.05, 4.69) is 48.5 Å². The molecule has 0 fully saturated rings. The van der Waals surface area contributed by atoms with Gasteiger partial charge in [0, 0.05) is 0 Å². The Bertz CT molecular complexity index is 308. The third-order valence-corrected chi connectivity index (χ3v) is 1.88. The van der Waals surface area contributed by atoms with Crippen molar-refractivity contribution in [3.8, 4) is 11.1 Å². The Morgan fingerprint density at radius 1 is 0.538 bits per heavy atom. The number of rotatable bonds is 1. The van der Waals surface area contributed by atoms with Gasteiger partial charge in [-0.1, -0.05) is 60.7 Å². The molecule has 13 heavy (non-hydrogen) atoms. The number of hydrogen-bond acceptors (Lipinski definition) is 0. The van der Waals surface area contributed by atoms with Crippen LogP contribution in [0.15, 0.2) is 60.7 Å². The minimum Gasteiger partial charge on any atom is -1.00 e. The largest absolute Gasteiger partial charge is 1.00 e. The van der Waals surface area contributed by atoms with Crippen LogP contribution in [-0.2, 0) is 0 Å². The Balaban J connectivity index is 0.000000845. The Kier molecular flexibility index (Phi) is 5.40. The third-order valence-electron chi connectivity index (χ3n) is 1.88. The molecule has 0 aliphatic heterocycles. The van der Waals surface area contributed by atoms with Crippen LogP contribution in [0, 0.1) is 0 Å². The first-order chi connectivity index (χ1) is 5.97. The molecule has 0 aliphatic rings. The standard InChI is InChI=1S/C12H10.Cs.H/c1-3-7-11(8-4-1)12-9-5-2-6-10-12;;/h1-10H;;/q;+1;-1. The Labute approximate surface area is 139 Å². The molecular weight excluding hydrogens is 277 g/mol. The molecule has 0 aliphatic carbocycles. The van der Waals surface area contributed by atoms with E-state index in [0.29, 0.717) is 0 Å². The van der Waals surface area contributed by atoms with Gasteiger partial charge in [0.1, 0.15) is 0 Å². The first-order valence-electron chi connectivity index (χ1n) is 4.07. The van der Waals surface area contributed by atoms with Crippen LogP contribution in [0.4, 0.5) is 0 Å². The fourth-order valence-electron chi connectivity index (χ4n) is 1.26. The smallest absolute Gasteiger partial charge is 1.00 e. The number of benzene rings is 2. The Morgan fingerprint density at radius 3 is 1.15 bits per heavy atom. The van der Waals surface area contributed by atoms with Gasteiger partial charge in [-0.2, -0.15) is 0 Å². The molecule has 0 bridgehead atoms. The van der Waals surface area contributed by atoms with Crippen molar-refractivity contribution in [2.24, 2.45) is 0 Å². The topological polar surface area (TPSA) is 0 Å². The van der Waals surface area contributed by atoms with Gasteiger partial charge in [-0.05, 0) is 11.1 Å². The Morgan fingerprint density at radius 2 is 0.846 bits per heavy atom. The van der Waals surface area contributed by atoms with Gasteiger partial charge in [-0.3, -0.25) is 0 Å². The molecule has 0 unspecified atom stereocenters. The molecule has 2 rings (SSSR count). The van der Waals surface area contributed by atoms with Crippen molar-refractivity contribution in [2.75, 3.05) is 0 Å². The van der Waals surface area contributed by atoms with Crippen LogP contribution in [0.1, 0.15) is 1.43 Å². The first kappa shape index (κ1) is 11.6. The molecule has 0 aromatic heterocycles. The molecule has 1 heteroatoms. The molecule has 0 N–H and O–H groups in total. The van der Waals surface area contributed by atoms with E-state index in [0.717, 1.165) is 0 Å². The van der Waals surface area contributed by atoms with Gasteiger partial charge in [-0.25, -0.2) is 0 Å². The quantitative estimate of drug-likeness (QED) is 0.715. The molecule has 60 valence electrons. The fraction of sp³-hybridized carbons (Fsp3) is 0. The summed E-state index contributed by atoms with van der Waals surface area (Å²) in [5.74, 6) is 0. The second-order valence-electron chi connectivity index (χ2n) is 2.73. The van der Waals surface area contributed by atoms with Crippen molar-refractivity contribution in [1.82, 2.24) is 0 Å². The van der Waals surface area contributed by atoms with E-state index < -0.39 is 0 Å². The minimum atomic E-state index is 0. The summed E-state index contributed by atoms with van der Waals surface area (Å²) in [5.41, 5.74) is 2.55. The maximum absolute atomic E-state index is 2.12. The molecular formula is C12H11Cs. The SMILES string of the molecule is [Cs+].[H-].c1ccc(-c2ccccc2)cc1. The van der Waals surface area contributed by atoms with E-state index in [9.17, 15) is 0 Å². The molecule has 2 aromatic rings. The predicted octanol–water partition coefficient (Wildman–Crippen LogP) is 0.470. The normalized spacial score (nSPS) is 8.92. The van der Waals surface area contributed by atoms with Crippen molar-refractivity contribution in [3.05, 3.63) is 60.7 Å². The second-order valence-corrected chi connectivity index (χ2v) is 2.73. The zero-order valence-corrected chi connectivity index (χ0v) is 14.1. The van der Waals surface area contributed by atoms with Crippen molar-refractivity contribution >= 4 is 0 Å². The van der Waals surface area contributed by atoms with Crippen molar-refractivity contribution in [1.29, 1.82) is 0 Å². The number of hydrogen-bond donors (Lipinski definition) is 0. The van der Waals surface area contributed by atoms with Crippen molar-refractivity contribution in [2.45, 2.75) is 0 Å². The summed E-state index contributed by atoms with van der Waals surface area (Å²) in [5, 5.41) is 0. The third kappa shape index (κ3) is 3.27. The van der Waals surface area contributed by atoms with Crippen LogP contribution in [0.2, 0.25) is 0 Å². The second kappa shape index (κ2) is 6.07. The van der Waals surface area contributed by atoms with Gasteiger partial charge in [0.2, 0.25) is 0 Å². The Hall–Kier alpha value is 0.492. The van der Waals surface area contributed by atoms with Gasteiger partial charge in [0.25, 0.3) is 0 Å². The average molecular weight is 288 g/mol. The fourth-order valence-corrected chi connectivity index (χ4v) is 1.26. The van der Waals surface area contributed by atoms with E-state index in [1.807, 2.05) is 12.1 Å². The van der Waals surface area contributed by atoms with E-state index in [1.54, 1.807) is 0 Å². The van der Waals surface area contributed by atoms with Gasteiger partial charge < -0.3 is 1.43 Å². The average Bonchev–Trinajstić information content (AvgIpc) is 2.21. The summed E-state index contributed by atoms with van der Waals surface area (Å²) >= 11 is 0. The summed E-state index contributed by atoms with van der Waals surface area (Å²) in [6.07, 6.45) is 0. The monoisotopic (exact) mass is 288 g/mol. The molecule has 0 heterocycles. The van der Waals surface area contributed by atoms with Crippen LogP contribution < -0.4 is 68.9 Å². The van der Waals surface area contributed by atoms with Crippen molar-refractivity contribution in [3.63, 3.8) is 0 Å². The molecule has 0 amide bonds. The molecule has 0 saturated carbocycles. The zero-order valence-electron chi connectivity index (χ0n) is 8.77. The maximum atomic E-state index is 2.12. The minimum absolute atomic E-state index is 0. The summed E-state index contributed by atoms with van der Waals surface area (Å²) in [4.78, 5) is 0. The predicted molar refractivity (Wildman–Crippen MR) is 53.0 cm³/mol. The maximum Gasteiger partial charge on any atom is 1.00 e. The molecule has 2 aromatic carbocycles. The van der Waals surface area contributed by atoms with Gasteiger partial charge >= 0.3 is 68.9 Å². The van der Waals surface area contributed by atoms with Crippen molar-refractivity contribution < 1.29 is 70.3 Å². The van der Waals surface area contributed by atoms with Crippen LogP contribution in [0.5, 0.6) is 0 Å². The van der Waals surface area contributed by atoms with E-state index in [4.69, 9.17) is 0 Å². The van der Waals surface area contributed by atoms with E-state index >= 15 is 0 Å². The molecule has 0 spiro atoms. The van der Waals surface area contributed by atoms with Gasteiger partial charge in [-0.15, -0.1) is 0 Å². The summed E-state index contributed by atoms with van der Waals surface area (Å²) in [6.45, 7) is 0. The molecule has 0 radical (unpaired) electrons. The van der Waals surface area contributed by atoms with Gasteiger partial charge in [0.15, 0.2) is 0 Å². The van der Waals surface area contributed by atoms with Crippen LogP contribution >= 0.6 is 0 Å². The van der Waals surface area contributed by atoms with Crippen LogP contribution in [0.25, 0.3) is 11.1 Å². The summed E-state index contributed by atoms with van der Waals surface area (Å²) < 4.78 is 0. The zero-order chi connectivity index (χ0) is 8.23. The molecule has 0 saturated heterocycles. The van der Waals surface area contributed by atoms with Gasteiger partial charge in [0.05, 0.1) is 0 Å². The van der Waals surface area contributed by atoms with E-state index in [-0.39, 0.29) is 70.3 Å². The van der Waals surface area contributed by atoms with E-state index in [1.165, 1.54) is 11.1 Å². The van der Waals surface area contributed by atoms with Crippen LogP contribution in [0.3, 0.4) is 0 Å².